The maximum Gasteiger partial charge on any atom is 0.224 e. The normalized spacial score (nSPS) is 23.1. The molecule has 1 fully saturated rings. The molecule has 1 aromatic rings. The lowest BCUT2D eigenvalue weighted by Gasteiger charge is -2.31. The molecular weight excluding hydrogens is 268 g/mol. The SMILES string of the molecule is CC(=O)N1CCOc2ccc(C(O)C3CCCNC3)cc21. The Kier molecular flexibility index (Phi) is 4.12. The lowest BCUT2D eigenvalue weighted by atomic mass is 9.89. The minimum Gasteiger partial charge on any atom is -0.490 e. The van der Waals surface area contributed by atoms with E-state index in [0.717, 1.165) is 37.2 Å². The molecule has 21 heavy (non-hydrogen) atoms. The third-order valence-corrected chi connectivity index (χ3v) is 4.35. The number of anilines is 1. The van der Waals surface area contributed by atoms with Crippen LogP contribution in [0.3, 0.4) is 0 Å². The van der Waals surface area contributed by atoms with Gasteiger partial charge in [0.2, 0.25) is 5.91 Å². The van der Waals surface area contributed by atoms with Gasteiger partial charge in [0.1, 0.15) is 12.4 Å². The van der Waals surface area contributed by atoms with E-state index in [1.807, 2.05) is 18.2 Å². The highest BCUT2D eigenvalue weighted by Crippen LogP contribution is 2.36. The van der Waals surface area contributed by atoms with Gasteiger partial charge in [0.15, 0.2) is 0 Å². The molecule has 2 aliphatic heterocycles. The Hall–Kier alpha value is -1.59. The van der Waals surface area contributed by atoms with E-state index < -0.39 is 6.10 Å². The summed E-state index contributed by atoms with van der Waals surface area (Å²) in [5.74, 6) is 0.951. The van der Waals surface area contributed by atoms with Crippen LogP contribution in [0.15, 0.2) is 18.2 Å². The predicted octanol–water partition coefficient (Wildman–Crippen LogP) is 1.46. The molecule has 3 rings (SSSR count). The smallest absolute Gasteiger partial charge is 0.224 e. The van der Waals surface area contributed by atoms with Crippen molar-refractivity contribution in [2.45, 2.75) is 25.9 Å². The Morgan fingerprint density at radius 2 is 2.38 bits per heavy atom. The van der Waals surface area contributed by atoms with Crippen LogP contribution in [0.25, 0.3) is 0 Å². The molecule has 5 heteroatoms. The molecule has 2 atom stereocenters. The highest BCUT2D eigenvalue weighted by atomic mass is 16.5. The third-order valence-electron chi connectivity index (χ3n) is 4.35. The lowest BCUT2D eigenvalue weighted by Crippen LogP contribution is -2.36. The van der Waals surface area contributed by atoms with Gasteiger partial charge in [-0.2, -0.15) is 0 Å². The summed E-state index contributed by atoms with van der Waals surface area (Å²) in [6.07, 6.45) is 1.62. The molecule has 1 amide bonds. The Morgan fingerprint density at radius 3 is 3.10 bits per heavy atom. The van der Waals surface area contributed by atoms with Crippen LogP contribution in [-0.4, -0.2) is 37.3 Å². The summed E-state index contributed by atoms with van der Waals surface area (Å²) in [5.41, 5.74) is 1.63. The van der Waals surface area contributed by atoms with E-state index in [4.69, 9.17) is 4.74 Å². The highest BCUT2D eigenvalue weighted by molar-refractivity contribution is 5.93. The maximum absolute atomic E-state index is 11.7. The average molecular weight is 290 g/mol. The largest absolute Gasteiger partial charge is 0.490 e. The number of benzene rings is 1. The highest BCUT2D eigenvalue weighted by Gasteiger charge is 2.26. The first-order valence-corrected chi connectivity index (χ1v) is 7.60. The van der Waals surface area contributed by atoms with Gasteiger partial charge in [-0.3, -0.25) is 4.79 Å². The van der Waals surface area contributed by atoms with Crippen molar-refractivity contribution in [1.82, 2.24) is 5.32 Å². The van der Waals surface area contributed by atoms with E-state index in [-0.39, 0.29) is 11.8 Å². The summed E-state index contributed by atoms with van der Waals surface area (Å²) in [4.78, 5) is 13.5. The van der Waals surface area contributed by atoms with Gasteiger partial charge >= 0.3 is 0 Å². The van der Waals surface area contributed by atoms with E-state index in [1.165, 1.54) is 0 Å². The summed E-state index contributed by atoms with van der Waals surface area (Å²) >= 11 is 0. The second kappa shape index (κ2) is 6.03. The fourth-order valence-electron chi connectivity index (χ4n) is 3.17. The number of rotatable bonds is 2. The first-order valence-electron chi connectivity index (χ1n) is 7.60. The molecular formula is C16H22N2O3. The van der Waals surface area contributed by atoms with Crippen LogP contribution in [-0.2, 0) is 4.79 Å². The van der Waals surface area contributed by atoms with Crippen molar-refractivity contribution in [3.63, 3.8) is 0 Å². The van der Waals surface area contributed by atoms with E-state index in [0.29, 0.717) is 18.9 Å². The minimum atomic E-state index is -0.501. The topological polar surface area (TPSA) is 61.8 Å². The molecule has 5 nitrogen and oxygen atoms in total. The fourth-order valence-corrected chi connectivity index (χ4v) is 3.17. The maximum atomic E-state index is 11.7. The van der Waals surface area contributed by atoms with Crippen LogP contribution in [0.2, 0.25) is 0 Å². The number of aliphatic hydroxyl groups is 1. The van der Waals surface area contributed by atoms with Gasteiger partial charge < -0.3 is 20.1 Å². The molecule has 0 bridgehead atoms. The molecule has 0 radical (unpaired) electrons. The van der Waals surface area contributed by atoms with E-state index in [1.54, 1.807) is 11.8 Å². The van der Waals surface area contributed by atoms with Gasteiger partial charge in [-0.1, -0.05) is 6.07 Å². The summed E-state index contributed by atoms with van der Waals surface area (Å²) in [6.45, 7) is 4.50. The molecule has 2 aliphatic rings. The molecule has 0 saturated carbocycles. The molecule has 2 unspecified atom stereocenters. The van der Waals surface area contributed by atoms with Crippen molar-refractivity contribution >= 4 is 11.6 Å². The van der Waals surface area contributed by atoms with Gasteiger partial charge in [0.05, 0.1) is 18.3 Å². The lowest BCUT2D eigenvalue weighted by molar-refractivity contribution is -0.116. The van der Waals surface area contributed by atoms with E-state index >= 15 is 0 Å². The van der Waals surface area contributed by atoms with Gasteiger partial charge in [-0.15, -0.1) is 0 Å². The second-order valence-electron chi connectivity index (χ2n) is 5.80. The van der Waals surface area contributed by atoms with E-state index in [9.17, 15) is 9.90 Å². The summed E-state index contributed by atoms with van der Waals surface area (Å²) < 4.78 is 5.60. The van der Waals surface area contributed by atoms with Gasteiger partial charge in [-0.05, 0) is 37.1 Å². The quantitative estimate of drug-likeness (QED) is 0.866. The molecule has 0 aliphatic carbocycles. The minimum absolute atomic E-state index is 0.00511. The zero-order valence-electron chi connectivity index (χ0n) is 12.3. The number of piperidine rings is 1. The van der Waals surface area contributed by atoms with Crippen LogP contribution >= 0.6 is 0 Å². The van der Waals surface area contributed by atoms with Gasteiger partial charge in [0.25, 0.3) is 0 Å². The van der Waals surface area contributed by atoms with Crippen molar-refractivity contribution in [1.29, 1.82) is 0 Å². The molecule has 1 saturated heterocycles. The number of hydrogen-bond donors (Lipinski definition) is 2. The number of carbonyl (C=O) groups excluding carboxylic acids is 1. The number of amides is 1. The van der Waals surface area contributed by atoms with E-state index in [2.05, 4.69) is 5.32 Å². The van der Waals surface area contributed by atoms with Crippen molar-refractivity contribution in [2.24, 2.45) is 5.92 Å². The third kappa shape index (κ3) is 2.89. The van der Waals surface area contributed by atoms with Crippen LogP contribution in [0.5, 0.6) is 5.75 Å². The van der Waals surface area contributed by atoms with Crippen LogP contribution < -0.4 is 15.0 Å². The predicted molar refractivity (Wildman–Crippen MR) is 80.5 cm³/mol. The van der Waals surface area contributed by atoms with Crippen LogP contribution in [0.1, 0.15) is 31.4 Å². The average Bonchev–Trinajstić information content (AvgIpc) is 2.53. The zero-order valence-corrected chi connectivity index (χ0v) is 12.3. The molecule has 2 heterocycles. The Balaban J connectivity index is 1.87. The van der Waals surface area contributed by atoms with Crippen molar-refractivity contribution in [3.8, 4) is 5.75 Å². The number of nitrogens with zero attached hydrogens (tertiary/aromatic N) is 1. The first-order chi connectivity index (χ1) is 10.2. The van der Waals surface area contributed by atoms with Gasteiger partial charge in [-0.25, -0.2) is 0 Å². The van der Waals surface area contributed by atoms with Crippen molar-refractivity contribution < 1.29 is 14.6 Å². The first kappa shape index (κ1) is 14.4. The molecule has 114 valence electrons. The Morgan fingerprint density at radius 1 is 1.52 bits per heavy atom. The molecule has 1 aromatic carbocycles. The van der Waals surface area contributed by atoms with Crippen molar-refractivity contribution in [3.05, 3.63) is 23.8 Å². The number of aliphatic hydroxyl groups excluding tert-OH is 1. The summed E-state index contributed by atoms with van der Waals surface area (Å²) in [7, 11) is 0. The fraction of sp³-hybridized carbons (Fsp3) is 0.562. The zero-order chi connectivity index (χ0) is 14.8. The second-order valence-corrected chi connectivity index (χ2v) is 5.80. The number of carbonyl (C=O) groups is 1. The number of hydrogen-bond acceptors (Lipinski definition) is 4. The Bertz CT molecular complexity index is 526. The van der Waals surface area contributed by atoms with Crippen LogP contribution in [0.4, 0.5) is 5.69 Å². The molecule has 2 N–H and O–H groups in total. The van der Waals surface area contributed by atoms with Crippen molar-refractivity contribution in [2.75, 3.05) is 31.1 Å². The van der Waals surface area contributed by atoms with Crippen LogP contribution in [0, 0.1) is 5.92 Å². The van der Waals surface area contributed by atoms with Gasteiger partial charge in [0, 0.05) is 19.4 Å². The summed E-state index contributed by atoms with van der Waals surface area (Å²) in [6, 6.07) is 5.66. The Labute approximate surface area is 124 Å². The number of nitrogens with one attached hydrogen (secondary N) is 1. The summed E-state index contributed by atoms with van der Waals surface area (Å²) in [5, 5.41) is 13.9. The monoisotopic (exact) mass is 290 g/mol. The number of ether oxygens (including phenoxy) is 1. The molecule has 0 aromatic heterocycles. The molecule has 0 spiro atoms. The number of fused-ring (bicyclic) bond motifs is 1. The standard InChI is InChI=1S/C16H22N2O3/c1-11(19)18-7-8-21-15-5-4-12(9-14(15)18)16(20)13-3-2-6-17-10-13/h4-5,9,13,16-17,20H,2-3,6-8,10H2,1H3.